The van der Waals surface area contributed by atoms with E-state index in [0.29, 0.717) is 0 Å². The van der Waals surface area contributed by atoms with Gasteiger partial charge in [0.05, 0.1) is 0 Å². The number of methoxy groups -OCH3 is 1. The molecule has 3 N–H and O–H groups in total. The van der Waals surface area contributed by atoms with Gasteiger partial charge in [0.2, 0.25) is 5.91 Å². The largest absolute Gasteiger partial charge is 0.480 e. The highest BCUT2D eigenvalue weighted by Crippen LogP contribution is 1.91. The maximum Gasteiger partial charge on any atom is 0.326 e. The van der Waals surface area contributed by atoms with Gasteiger partial charge >= 0.3 is 5.97 Å². The SMILES string of the molecule is COCC(=O)NC(CCO)C(=O)O. The Hall–Kier alpha value is -1.14. The molecule has 0 rings (SSSR count). The predicted octanol–water partition coefficient (Wildman–Crippen LogP) is -1.42. The highest BCUT2D eigenvalue weighted by molar-refractivity contribution is 5.84. The molecule has 0 radical (unpaired) electrons. The summed E-state index contributed by atoms with van der Waals surface area (Å²) in [7, 11) is 1.33. The third-order valence-corrected chi connectivity index (χ3v) is 1.33. The minimum atomic E-state index is -1.17. The Balaban J connectivity index is 3.94. The summed E-state index contributed by atoms with van der Waals surface area (Å²) in [6.07, 6.45) is -0.00914. The fraction of sp³-hybridized carbons (Fsp3) is 0.714. The molecular formula is C7H13NO5. The van der Waals surface area contributed by atoms with E-state index in [0.717, 1.165) is 0 Å². The lowest BCUT2D eigenvalue weighted by Gasteiger charge is -2.12. The van der Waals surface area contributed by atoms with Crippen LogP contribution >= 0.6 is 0 Å². The Morgan fingerprint density at radius 2 is 2.15 bits per heavy atom. The van der Waals surface area contributed by atoms with Crippen molar-refractivity contribution in [1.82, 2.24) is 5.32 Å². The van der Waals surface area contributed by atoms with Gasteiger partial charge in [0.15, 0.2) is 0 Å². The van der Waals surface area contributed by atoms with Crippen LogP contribution in [0.25, 0.3) is 0 Å². The van der Waals surface area contributed by atoms with Gasteiger partial charge in [-0.2, -0.15) is 0 Å². The van der Waals surface area contributed by atoms with Gasteiger partial charge in [-0.05, 0) is 0 Å². The lowest BCUT2D eigenvalue weighted by Crippen LogP contribution is -2.42. The maximum absolute atomic E-state index is 10.9. The minimum Gasteiger partial charge on any atom is -0.480 e. The van der Waals surface area contributed by atoms with E-state index >= 15 is 0 Å². The predicted molar refractivity (Wildman–Crippen MR) is 43.1 cm³/mol. The first-order valence-electron chi connectivity index (χ1n) is 3.73. The number of hydrogen-bond acceptors (Lipinski definition) is 4. The van der Waals surface area contributed by atoms with E-state index in [4.69, 9.17) is 10.2 Å². The van der Waals surface area contributed by atoms with Crippen LogP contribution in [0.3, 0.4) is 0 Å². The van der Waals surface area contributed by atoms with Crippen molar-refractivity contribution >= 4 is 11.9 Å². The number of aliphatic hydroxyl groups excluding tert-OH is 1. The summed E-state index contributed by atoms with van der Waals surface area (Å²) >= 11 is 0. The van der Waals surface area contributed by atoms with Crippen molar-refractivity contribution in [2.45, 2.75) is 12.5 Å². The molecule has 13 heavy (non-hydrogen) atoms. The zero-order chi connectivity index (χ0) is 10.3. The summed E-state index contributed by atoms with van der Waals surface area (Å²) in [5.74, 6) is -1.68. The Kier molecular flexibility index (Phi) is 5.82. The molecule has 0 aromatic heterocycles. The molecule has 1 amide bonds. The van der Waals surface area contributed by atoms with Gasteiger partial charge in [-0.1, -0.05) is 0 Å². The second-order valence-corrected chi connectivity index (χ2v) is 2.40. The Morgan fingerprint density at radius 1 is 1.54 bits per heavy atom. The Morgan fingerprint density at radius 3 is 2.54 bits per heavy atom. The number of carboxylic acid groups (broad SMARTS) is 1. The van der Waals surface area contributed by atoms with Gasteiger partial charge < -0.3 is 20.3 Å². The molecule has 0 aliphatic heterocycles. The molecule has 1 atom stereocenters. The van der Waals surface area contributed by atoms with Gasteiger partial charge in [-0.15, -0.1) is 0 Å². The zero-order valence-electron chi connectivity index (χ0n) is 7.32. The number of carbonyl (C=O) groups excluding carboxylic acids is 1. The van der Waals surface area contributed by atoms with Crippen molar-refractivity contribution in [2.24, 2.45) is 0 Å². The minimum absolute atomic E-state index is 0.00914. The Labute approximate surface area is 75.5 Å². The molecule has 0 fully saturated rings. The molecule has 0 aliphatic rings. The smallest absolute Gasteiger partial charge is 0.326 e. The van der Waals surface area contributed by atoms with Crippen LogP contribution in [0.5, 0.6) is 0 Å². The van der Waals surface area contributed by atoms with Crippen molar-refractivity contribution in [3.8, 4) is 0 Å². The molecule has 6 heteroatoms. The monoisotopic (exact) mass is 191 g/mol. The first-order chi connectivity index (χ1) is 6.11. The highest BCUT2D eigenvalue weighted by atomic mass is 16.5. The van der Waals surface area contributed by atoms with E-state index in [1.54, 1.807) is 0 Å². The molecule has 0 aliphatic carbocycles. The van der Waals surface area contributed by atoms with E-state index in [2.05, 4.69) is 10.1 Å². The average molecular weight is 191 g/mol. The highest BCUT2D eigenvalue weighted by Gasteiger charge is 2.18. The maximum atomic E-state index is 10.9. The summed E-state index contributed by atoms with van der Waals surface area (Å²) < 4.78 is 4.49. The van der Waals surface area contributed by atoms with Crippen molar-refractivity contribution < 1.29 is 24.5 Å². The van der Waals surface area contributed by atoms with Crippen LogP contribution in [0.1, 0.15) is 6.42 Å². The summed E-state index contributed by atoms with van der Waals surface area (Å²) in [6.45, 7) is -0.473. The summed E-state index contributed by atoms with van der Waals surface area (Å²) in [6, 6.07) is -1.05. The molecule has 0 bridgehead atoms. The number of amides is 1. The molecule has 0 aromatic rings. The number of aliphatic carboxylic acids is 1. The molecule has 76 valence electrons. The second kappa shape index (κ2) is 6.38. The first kappa shape index (κ1) is 11.9. The number of carbonyl (C=O) groups is 2. The number of aliphatic hydroxyl groups is 1. The lowest BCUT2D eigenvalue weighted by molar-refractivity contribution is -0.142. The van der Waals surface area contributed by atoms with Crippen LogP contribution < -0.4 is 5.32 Å². The zero-order valence-corrected chi connectivity index (χ0v) is 7.32. The fourth-order valence-electron chi connectivity index (χ4n) is 0.754. The van der Waals surface area contributed by atoms with Crippen molar-refractivity contribution in [3.63, 3.8) is 0 Å². The quantitative estimate of drug-likeness (QED) is 0.479. The molecule has 6 nitrogen and oxygen atoms in total. The third kappa shape index (κ3) is 5.15. The van der Waals surface area contributed by atoms with E-state index < -0.39 is 17.9 Å². The third-order valence-electron chi connectivity index (χ3n) is 1.33. The van der Waals surface area contributed by atoms with Gasteiger partial charge in [0.25, 0.3) is 0 Å². The first-order valence-corrected chi connectivity index (χ1v) is 3.73. The summed E-state index contributed by atoms with van der Waals surface area (Å²) in [5, 5.41) is 19.2. The molecule has 0 spiro atoms. The van der Waals surface area contributed by atoms with Gasteiger partial charge in [-0.3, -0.25) is 4.79 Å². The van der Waals surface area contributed by atoms with Crippen molar-refractivity contribution in [2.75, 3.05) is 20.3 Å². The molecule has 0 saturated carbocycles. The lowest BCUT2D eigenvalue weighted by atomic mass is 10.2. The fourth-order valence-corrected chi connectivity index (χ4v) is 0.754. The van der Waals surface area contributed by atoms with Gasteiger partial charge in [0.1, 0.15) is 12.6 Å². The van der Waals surface area contributed by atoms with Crippen LogP contribution in [0.15, 0.2) is 0 Å². The number of nitrogens with one attached hydrogen (secondary N) is 1. The van der Waals surface area contributed by atoms with E-state index in [1.165, 1.54) is 7.11 Å². The number of ether oxygens (including phenoxy) is 1. The summed E-state index contributed by atoms with van der Waals surface area (Å²) in [4.78, 5) is 21.3. The summed E-state index contributed by atoms with van der Waals surface area (Å²) in [5.41, 5.74) is 0. The number of carboxylic acids is 1. The second-order valence-electron chi connectivity index (χ2n) is 2.40. The van der Waals surface area contributed by atoms with Crippen LogP contribution in [0.2, 0.25) is 0 Å². The molecule has 0 saturated heterocycles. The van der Waals surface area contributed by atoms with Gasteiger partial charge in [-0.25, -0.2) is 4.79 Å². The van der Waals surface area contributed by atoms with E-state index in [-0.39, 0.29) is 19.6 Å². The Bertz CT molecular complexity index is 182. The molecule has 0 heterocycles. The van der Waals surface area contributed by atoms with Gasteiger partial charge in [0, 0.05) is 20.1 Å². The van der Waals surface area contributed by atoms with Crippen LogP contribution in [0.4, 0.5) is 0 Å². The van der Waals surface area contributed by atoms with E-state index in [9.17, 15) is 9.59 Å². The average Bonchev–Trinajstić information content (AvgIpc) is 2.04. The van der Waals surface area contributed by atoms with Crippen molar-refractivity contribution in [1.29, 1.82) is 0 Å². The van der Waals surface area contributed by atoms with Crippen LogP contribution in [-0.2, 0) is 14.3 Å². The number of hydrogen-bond donors (Lipinski definition) is 3. The van der Waals surface area contributed by atoms with Crippen molar-refractivity contribution in [3.05, 3.63) is 0 Å². The standard InChI is InChI=1S/C7H13NO5/c1-13-4-6(10)8-5(2-3-9)7(11)12/h5,9H,2-4H2,1H3,(H,8,10)(H,11,12). The van der Waals surface area contributed by atoms with E-state index in [1.807, 2.05) is 0 Å². The topological polar surface area (TPSA) is 95.9 Å². The van der Waals surface area contributed by atoms with Crippen LogP contribution in [0, 0.1) is 0 Å². The molecule has 1 unspecified atom stereocenters. The number of rotatable bonds is 6. The van der Waals surface area contributed by atoms with Crippen LogP contribution in [-0.4, -0.2) is 48.5 Å². The molecule has 0 aromatic carbocycles. The normalized spacial score (nSPS) is 12.2. The molecular weight excluding hydrogens is 178 g/mol.